The SMILES string of the molecule is CCCCCCc1ccc(O)cc1.Cc1ccc(C)c(O)c1C. The highest BCUT2D eigenvalue weighted by Gasteiger charge is 2.00. The summed E-state index contributed by atoms with van der Waals surface area (Å²) in [6.07, 6.45) is 6.34. The third kappa shape index (κ3) is 6.77. The van der Waals surface area contributed by atoms with Crippen molar-refractivity contribution in [2.75, 3.05) is 0 Å². The van der Waals surface area contributed by atoms with E-state index in [1.807, 2.05) is 45.0 Å². The summed E-state index contributed by atoms with van der Waals surface area (Å²) in [6, 6.07) is 11.5. The van der Waals surface area contributed by atoms with Crippen LogP contribution < -0.4 is 0 Å². The lowest BCUT2D eigenvalue weighted by atomic mass is 10.1. The summed E-state index contributed by atoms with van der Waals surface area (Å²) in [5, 5.41) is 18.5. The molecule has 2 aromatic rings. The molecule has 0 saturated carbocycles. The largest absolute Gasteiger partial charge is 0.508 e. The van der Waals surface area contributed by atoms with E-state index >= 15 is 0 Å². The molecule has 0 aliphatic carbocycles. The van der Waals surface area contributed by atoms with Crippen LogP contribution in [0.5, 0.6) is 11.5 Å². The van der Waals surface area contributed by atoms with Gasteiger partial charge in [0.1, 0.15) is 11.5 Å². The minimum Gasteiger partial charge on any atom is -0.508 e. The predicted molar refractivity (Wildman–Crippen MR) is 98.3 cm³/mol. The van der Waals surface area contributed by atoms with E-state index in [1.165, 1.54) is 31.2 Å². The molecule has 23 heavy (non-hydrogen) atoms. The Kier molecular flexibility index (Phi) is 8.25. The van der Waals surface area contributed by atoms with Gasteiger partial charge in [-0.3, -0.25) is 0 Å². The molecule has 0 amide bonds. The van der Waals surface area contributed by atoms with Crippen molar-refractivity contribution in [2.24, 2.45) is 0 Å². The van der Waals surface area contributed by atoms with Gasteiger partial charge in [0, 0.05) is 0 Å². The zero-order valence-electron chi connectivity index (χ0n) is 14.9. The van der Waals surface area contributed by atoms with Gasteiger partial charge >= 0.3 is 0 Å². The summed E-state index contributed by atoms with van der Waals surface area (Å²) < 4.78 is 0. The highest BCUT2D eigenvalue weighted by Crippen LogP contribution is 2.23. The van der Waals surface area contributed by atoms with Crippen molar-refractivity contribution in [1.82, 2.24) is 0 Å². The molecule has 2 rings (SSSR count). The summed E-state index contributed by atoms with van der Waals surface area (Å²) in [7, 11) is 0. The van der Waals surface area contributed by atoms with Gasteiger partial charge in [-0.25, -0.2) is 0 Å². The zero-order valence-corrected chi connectivity index (χ0v) is 14.9. The van der Waals surface area contributed by atoms with E-state index in [4.69, 9.17) is 5.11 Å². The average Bonchev–Trinajstić information content (AvgIpc) is 2.56. The highest BCUT2D eigenvalue weighted by atomic mass is 16.3. The Morgan fingerprint density at radius 3 is 1.91 bits per heavy atom. The second kappa shape index (κ2) is 9.94. The topological polar surface area (TPSA) is 40.5 Å². The van der Waals surface area contributed by atoms with Gasteiger partial charge in [0.25, 0.3) is 0 Å². The van der Waals surface area contributed by atoms with E-state index in [0.29, 0.717) is 11.5 Å². The van der Waals surface area contributed by atoms with E-state index in [9.17, 15) is 5.11 Å². The molecule has 0 unspecified atom stereocenters. The molecule has 0 aliphatic rings. The van der Waals surface area contributed by atoms with Gasteiger partial charge in [-0.05, 0) is 68.0 Å². The molecule has 0 atom stereocenters. The number of phenols is 2. The van der Waals surface area contributed by atoms with Gasteiger partial charge in [-0.1, -0.05) is 50.5 Å². The van der Waals surface area contributed by atoms with Crippen molar-refractivity contribution in [3.05, 3.63) is 58.7 Å². The second-order valence-corrected chi connectivity index (χ2v) is 6.15. The van der Waals surface area contributed by atoms with Crippen molar-refractivity contribution in [3.63, 3.8) is 0 Å². The third-order valence-electron chi connectivity index (χ3n) is 4.16. The summed E-state index contributed by atoms with van der Waals surface area (Å²) in [4.78, 5) is 0. The Bertz CT molecular complexity index is 559. The summed E-state index contributed by atoms with van der Waals surface area (Å²) >= 11 is 0. The van der Waals surface area contributed by atoms with Crippen molar-refractivity contribution in [3.8, 4) is 11.5 Å². The molecule has 0 radical (unpaired) electrons. The molecule has 0 aliphatic heterocycles. The van der Waals surface area contributed by atoms with Crippen LogP contribution in [0, 0.1) is 20.8 Å². The van der Waals surface area contributed by atoms with Crippen LogP contribution in [-0.4, -0.2) is 10.2 Å². The first-order valence-corrected chi connectivity index (χ1v) is 8.49. The summed E-state index contributed by atoms with van der Waals surface area (Å²) in [6.45, 7) is 8.05. The van der Waals surface area contributed by atoms with Gasteiger partial charge in [0.2, 0.25) is 0 Å². The third-order valence-corrected chi connectivity index (χ3v) is 4.16. The number of hydrogen-bond acceptors (Lipinski definition) is 2. The number of benzene rings is 2. The standard InChI is InChI=1S/C12H18O.C9H12O/c1-2-3-4-5-6-11-7-9-12(13)10-8-11;1-6-4-5-7(2)9(10)8(6)3/h7-10,13H,2-6H2,1H3;4-5,10H,1-3H3. The molecule has 2 heteroatoms. The molecule has 126 valence electrons. The Balaban J connectivity index is 0.000000238. The Morgan fingerprint density at radius 1 is 0.739 bits per heavy atom. The zero-order chi connectivity index (χ0) is 17.2. The van der Waals surface area contributed by atoms with E-state index in [-0.39, 0.29) is 0 Å². The highest BCUT2D eigenvalue weighted by molar-refractivity contribution is 5.43. The first kappa shape index (κ1) is 19.1. The molecule has 0 saturated heterocycles. The average molecular weight is 314 g/mol. The van der Waals surface area contributed by atoms with Crippen LogP contribution in [0.1, 0.15) is 54.9 Å². The first-order chi connectivity index (χ1) is 11.0. The van der Waals surface area contributed by atoms with Crippen LogP contribution in [0.15, 0.2) is 36.4 Å². The molecular weight excluding hydrogens is 284 g/mol. The predicted octanol–water partition coefficient (Wildman–Crippen LogP) is 5.83. The lowest BCUT2D eigenvalue weighted by Crippen LogP contribution is -1.84. The number of phenolic OH excluding ortho intramolecular Hbond substituents is 2. The quantitative estimate of drug-likeness (QED) is 0.681. The summed E-state index contributed by atoms with van der Waals surface area (Å²) in [5.74, 6) is 0.789. The van der Waals surface area contributed by atoms with Crippen LogP contribution in [0.2, 0.25) is 0 Å². The van der Waals surface area contributed by atoms with Gasteiger partial charge in [-0.2, -0.15) is 0 Å². The number of aryl methyl sites for hydroxylation is 3. The van der Waals surface area contributed by atoms with E-state index in [1.54, 1.807) is 12.1 Å². The van der Waals surface area contributed by atoms with E-state index in [2.05, 4.69) is 6.92 Å². The minimum absolute atomic E-state index is 0.359. The maximum atomic E-state index is 9.39. The Morgan fingerprint density at radius 2 is 1.35 bits per heavy atom. The van der Waals surface area contributed by atoms with Gasteiger partial charge in [0.15, 0.2) is 0 Å². The van der Waals surface area contributed by atoms with Crippen LogP contribution in [0.3, 0.4) is 0 Å². The van der Waals surface area contributed by atoms with Crippen molar-refractivity contribution in [2.45, 2.75) is 59.8 Å². The lowest BCUT2D eigenvalue weighted by molar-refractivity contribution is 0.466. The maximum Gasteiger partial charge on any atom is 0.121 e. The Hall–Kier alpha value is -1.96. The number of unbranched alkanes of at least 4 members (excludes halogenated alkanes) is 3. The van der Waals surface area contributed by atoms with Crippen LogP contribution in [0.4, 0.5) is 0 Å². The fraction of sp³-hybridized carbons (Fsp3) is 0.429. The molecule has 2 aromatic carbocycles. The first-order valence-electron chi connectivity index (χ1n) is 8.49. The van der Waals surface area contributed by atoms with Crippen molar-refractivity contribution >= 4 is 0 Å². The monoisotopic (exact) mass is 314 g/mol. The van der Waals surface area contributed by atoms with Gasteiger partial charge in [-0.15, -0.1) is 0 Å². The lowest BCUT2D eigenvalue weighted by Gasteiger charge is -2.04. The number of hydrogen-bond donors (Lipinski definition) is 2. The minimum atomic E-state index is 0.359. The van der Waals surface area contributed by atoms with Crippen LogP contribution in [-0.2, 0) is 6.42 Å². The second-order valence-electron chi connectivity index (χ2n) is 6.15. The van der Waals surface area contributed by atoms with Crippen LogP contribution in [0.25, 0.3) is 0 Å². The molecule has 0 bridgehead atoms. The number of aromatic hydroxyl groups is 2. The fourth-order valence-electron chi connectivity index (χ4n) is 2.35. The number of rotatable bonds is 5. The van der Waals surface area contributed by atoms with Crippen molar-refractivity contribution < 1.29 is 10.2 Å². The molecule has 0 heterocycles. The van der Waals surface area contributed by atoms with E-state index < -0.39 is 0 Å². The van der Waals surface area contributed by atoms with Crippen molar-refractivity contribution in [1.29, 1.82) is 0 Å². The maximum absolute atomic E-state index is 9.39. The van der Waals surface area contributed by atoms with Crippen LogP contribution >= 0.6 is 0 Å². The van der Waals surface area contributed by atoms with Gasteiger partial charge in [0.05, 0.1) is 0 Å². The van der Waals surface area contributed by atoms with E-state index in [0.717, 1.165) is 23.1 Å². The Labute approximate surface area is 140 Å². The summed E-state index contributed by atoms with van der Waals surface area (Å²) in [5.41, 5.74) is 4.40. The molecule has 0 fully saturated rings. The smallest absolute Gasteiger partial charge is 0.121 e. The molecular formula is C21H30O2. The molecule has 0 spiro atoms. The van der Waals surface area contributed by atoms with Gasteiger partial charge < -0.3 is 10.2 Å². The molecule has 0 aromatic heterocycles. The normalized spacial score (nSPS) is 10.1. The molecule has 2 nitrogen and oxygen atoms in total. The fourth-order valence-corrected chi connectivity index (χ4v) is 2.35. The molecule has 2 N–H and O–H groups in total.